The topological polar surface area (TPSA) is 236 Å². The minimum atomic E-state index is -5.13. The number of phosphoric ester groups is 1. The number of ether oxygens (including phenoxy) is 2. The van der Waals surface area contributed by atoms with Crippen LogP contribution in [0.2, 0.25) is 0 Å². The average Bonchev–Trinajstić information content (AvgIpc) is 3.73. The Hall–Kier alpha value is -3.13. The molecule has 3 unspecified atom stereocenters. The lowest BCUT2D eigenvalue weighted by Gasteiger charge is -2.26. The van der Waals surface area contributed by atoms with Crippen LogP contribution in [-0.2, 0) is 36.7 Å². The number of anilines is 2. The van der Waals surface area contributed by atoms with E-state index in [0.717, 1.165) is 6.33 Å². The minimum Gasteiger partial charge on any atom is -0.397 e. The summed E-state index contributed by atoms with van der Waals surface area (Å²) in [4.78, 5) is 30.9. The summed E-state index contributed by atoms with van der Waals surface area (Å²) in [7, 11) is -4.00. The molecule has 44 heavy (non-hydrogen) atoms. The molecule has 4 aromatic rings. The molecule has 2 radical (unpaired) electrons. The fourth-order valence-electron chi connectivity index (χ4n) is 5.27. The first-order valence-electron chi connectivity index (χ1n) is 12.9. The van der Waals surface area contributed by atoms with E-state index >= 15 is 8.78 Å². The molecule has 10 atom stereocenters. The van der Waals surface area contributed by atoms with Crippen LogP contribution in [-0.4, -0.2) is 96.5 Å². The van der Waals surface area contributed by atoms with Gasteiger partial charge in [-0.2, -0.15) is 0 Å². The normalized spacial score (nSPS) is 38.2. The summed E-state index contributed by atoms with van der Waals surface area (Å²) in [5.74, 6) is 0.0202. The number of phosphoric acid groups is 1. The quantitative estimate of drug-likeness (QED) is 0.202. The molecule has 232 valence electrons. The van der Waals surface area contributed by atoms with Gasteiger partial charge in [-0.05, 0) is 6.07 Å². The molecule has 0 amide bonds. The van der Waals surface area contributed by atoms with Gasteiger partial charge in [-0.15, -0.1) is 0 Å². The number of alkyl halides is 2. The second-order valence-electron chi connectivity index (χ2n) is 10.1. The molecule has 0 aromatic carbocycles. The lowest BCUT2D eigenvalue weighted by Crippen LogP contribution is -2.34. The van der Waals surface area contributed by atoms with E-state index in [2.05, 4.69) is 24.9 Å². The maximum absolute atomic E-state index is 15.9. The van der Waals surface area contributed by atoms with Crippen LogP contribution < -0.4 is 11.5 Å². The van der Waals surface area contributed by atoms with Gasteiger partial charge in [0.05, 0.1) is 31.6 Å². The number of rotatable bonds is 2. The van der Waals surface area contributed by atoms with Crippen molar-refractivity contribution in [1.29, 1.82) is 0 Å². The molecule has 3 fully saturated rings. The van der Waals surface area contributed by atoms with Gasteiger partial charge in [0.2, 0.25) is 7.57 Å². The standard InChI is InChI=1S/C21H22BF2N9O9P2/c22-43(34)37-3-9-11(23)16(21(39-9)33-6-30-13-8(25)1-2-27-18(13)33)42-44(35,36)38-4-10-15(41-43)12(24)20(40-10)32-7-31-14-17(26)28-5-29-19(14)32/h1-2,5-7,9-12,15-16,20-21H,3-4H2,(H2,25,27)(H,35,36)(H2,26,28,29)/t9-,10-,11?,12-,15-,16-,20-,21-,43?/m1/s1. The summed E-state index contributed by atoms with van der Waals surface area (Å²) in [6.07, 6.45) is -8.96. The first-order valence-corrected chi connectivity index (χ1v) is 16.0. The van der Waals surface area contributed by atoms with E-state index in [1.54, 1.807) is 0 Å². The van der Waals surface area contributed by atoms with Gasteiger partial charge in [0, 0.05) is 6.20 Å². The summed E-state index contributed by atoms with van der Waals surface area (Å²) in [6, 6.07) is 1.49. The van der Waals surface area contributed by atoms with E-state index in [-0.39, 0.29) is 33.8 Å². The van der Waals surface area contributed by atoms with E-state index in [1.165, 1.54) is 34.1 Å². The summed E-state index contributed by atoms with van der Waals surface area (Å²) in [6.45, 7) is -1.64. The van der Waals surface area contributed by atoms with Gasteiger partial charge in [0.15, 0.2) is 41.9 Å². The van der Waals surface area contributed by atoms with Crippen LogP contribution in [0.25, 0.3) is 22.3 Å². The summed E-state index contributed by atoms with van der Waals surface area (Å²) in [5, 5.41) is 0. The zero-order chi connectivity index (χ0) is 31.0. The highest BCUT2D eigenvalue weighted by Gasteiger charge is 2.54. The second kappa shape index (κ2) is 10.7. The van der Waals surface area contributed by atoms with Crippen molar-refractivity contribution in [2.75, 3.05) is 24.7 Å². The number of nitrogen functional groups attached to an aromatic ring is 2. The van der Waals surface area contributed by atoms with Crippen LogP contribution in [0.5, 0.6) is 0 Å². The first kappa shape index (κ1) is 29.6. The summed E-state index contributed by atoms with van der Waals surface area (Å²) >= 11 is 0. The van der Waals surface area contributed by atoms with Crippen molar-refractivity contribution in [2.24, 2.45) is 0 Å². The predicted octanol–water partition coefficient (Wildman–Crippen LogP) is 1.10. The van der Waals surface area contributed by atoms with Crippen LogP contribution in [0.3, 0.4) is 0 Å². The van der Waals surface area contributed by atoms with E-state index < -0.39 is 77.7 Å². The molecule has 3 aliphatic rings. The smallest absolute Gasteiger partial charge is 0.397 e. The molecule has 0 spiro atoms. The summed E-state index contributed by atoms with van der Waals surface area (Å²) in [5.41, 5.74) is 12.7. The Morgan fingerprint density at radius 2 is 1.55 bits per heavy atom. The van der Waals surface area contributed by atoms with Gasteiger partial charge in [0.1, 0.15) is 41.8 Å². The molecule has 4 aromatic heterocycles. The zero-order valence-corrected chi connectivity index (χ0v) is 23.9. The van der Waals surface area contributed by atoms with Gasteiger partial charge in [-0.3, -0.25) is 22.7 Å². The Kier molecular flexibility index (Phi) is 7.23. The van der Waals surface area contributed by atoms with Crippen LogP contribution in [0.1, 0.15) is 12.5 Å². The van der Waals surface area contributed by atoms with Crippen LogP contribution in [0, 0.1) is 0 Å². The summed E-state index contributed by atoms with van der Waals surface area (Å²) < 4.78 is 92.8. The van der Waals surface area contributed by atoms with E-state index in [9.17, 15) is 14.0 Å². The highest BCUT2D eigenvalue weighted by atomic mass is 31.2. The number of hydrogen-bond acceptors (Lipinski definition) is 15. The largest absolute Gasteiger partial charge is 0.472 e. The predicted molar refractivity (Wildman–Crippen MR) is 144 cm³/mol. The minimum absolute atomic E-state index is 0.0202. The number of hydrogen-bond donors (Lipinski definition) is 3. The maximum atomic E-state index is 15.9. The van der Waals surface area contributed by atoms with Gasteiger partial charge in [-0.1, -0.05) is 0 Å². The molecule has 5 N–H and O–H groups in total. The van der Waals surface area contributed by atoms with E-state index in [0.29, 0.717) is 0 Å². The third-order valence-electron chi connectivity index (χ3n) is 7.30. The number of halogens is 2. The van der Waals surface area contributed by atoms with Crippen molar-refractivity contribution in [3.63, 3.8) is 0 Å². The third-order valence-corrected chi connectivity index (χ3v) is 9.33. The van der Waals surface area contributed by atoms with E-state index in [1.807, 2.05) is 0 Å². The Morgan fingerprint density at radius 1 is 0.864 bits per heavy atom. The fraction of sp³-hybridized carbons (Fsp3) is 0.476. The zero-order valence-electron chi connectivity index (χ0n) is 22.1. The molecule has 18 nitrogen and oxygen atoms in total. The average molecular weight is 655 g/mol. The molecule has 3 saturated heterocycles. The van der Waals surface area contributed by atoms with Crippen molar-refractivity contribution in [1.82, 2.24) is 34.1 Å². The first-order chi connectivity index (χ1) is 20.9. The van der Waals surface area contributed by atoms with Gasteiger partial charge >= 0.3 is 7.82 Å². The maximum Gasteiger partial charge on any atom is 0.472 e. The number of pyridine rings is 1. The number of imidazole rings is 2. The monoisotopic (exact) mass is 655 g/mol. The van der Waals surface area contributed by atoms with Gasteiger partial charge in [-0.25, -0.2) is 38.3 Å². The Morgan fingerprint density at radius 3 is 2.34 bits per heavy atom. The molecule has 7 rings (SSSR count). The lowest BCUT2D eigenvalue weighted by molar-refractivity contribution is -0.0630. The highest BCUT2D eigenvalue weighted by Crippen LogP contribution is 2.54. The lowest BCUT2D eigenvalue weighted by atomic mass is 10.1. The van der Waals surface area contributed by atoms with Crippen LogP contribution in [0.15, 0.2) is 31.2 Å². The Labute approximate surface area is 246 Å². The molecular formula is C21H22BF2N9O9P2. The molecular weight excluding hydrogens is 633 g/mol. The Bertz CT molecular complexity index is 1840. The Balaban J connectivity index is 1.20. The molecule has 0 saturated carbocycles. The number of nitrogens with two attached hydrogens (primary N) is 2. The van der Waals surface area contributed by atoms with Crippen LogP contribution in [0.4, 0.5) is 20.3 Å². The molecule has 0 aliphatic carbocycles. The van der Waals surface area contributed by atoms with Gasteiger partial charge in [0.25, 0.3) is 7.47 Å². The molecule has 7 heterocycles. The van der Waals surface area contributed by atoms with Gasteiger partial charge < -0.3 is 34.9 Å². The molecule has 23 heteroatoms. The van der Waals surface area contributed by atoms with Crippen molar-refractivity contribution < 1.29 is 50.4 Å². The van der Waals surface area contributed by atoms with Crippen molar-refractivity contribution in [2.45, 2.75) is 49.2 Å². The number of aromatic nitrogens is 7. The third kappa shape index (κ3) is 5.07. The van der Waals surface area contributed by atoms with Crippen molar-refractivity contribution in [3.05, 3.63) is 31.2 Å². The molecule has 3 aliphatic heterocycles. The number of nitrogens with zero attached hydrogens (tertiary/aromatic N) is 7. The van der Waals surface area contributed by atoms with Crippen molar-refractivity contribution in [3.8, 4) is 0 Å². The fourth-order valence-corrected chi connectivity index (χ4v) is 7.20. The molecule has 2 bridgehead atoms. The number of fused-ring (bicyclic) bond motifs is 5. The highest BCUT2D eigenvalue weighted by molar-refractivity contribution is 7.79. The SMILES string of the molecule is [B]P1(=O)OC[C@H]2O[C@@H](n3cnc4c(N)ccnc43)[C@H](OP(=O)(O)OC[C@H]3O[C@@H](n4cnc5c(N)ncnc54)[C@H](F)[C@@H]3O1)C2F. The second-order valence-corrected chi connectivity index (χ2v) is 13.0. The van der Waals surface area contributed by atoms with Crippen molar-refractivity contribution >= 4 is 56.7 Å². The van der Waals surface area contributed by atoms with E-state index in [4.69, 9.17) is 46.6 Å². The van der Waals surface area contributed by atoms with Crippen LogP contribution >= 0.6 is 15.3 Å².